The lowest BCUT2D eigenvalue weighted by atomic mass is 10.0. The van der Waals surface area contributed by atoms with Crippen molar-refractivity contribution in [3.05, 3.63) is 42.4 Å². The van der Waals surface area contributed by atoms with Crippen LogP contribution in [0.2, 0.25) is 0 Å². The zero-order valence-corrected chi connectivity index (χ0v) is 17.3. The van der Waals surface area contributed by atoms with Gasteiger partial charge in [-0.1, -0.05) is 20.8 Å². The van der Waals surface area contributed by atoms with Gasteiger partial charge in [0.2, 0.25) is 11.8 Å². The maximum atomic E-state index is 12.3. The highest BCUT2D eigenvalue weighted by Gasteiger charge is 2.47. The molecule has 3 aromatic rings. The number of carbonyl (C=O) groups excluding carboxylic acids is 2. The van der Waals surface area contributed by atoms with Crippen LogP contribution in [0.1, 0.15) is 32.8 Å². The lowest BCUT2D eigenvalue weighted by molar-refractivity contribution is -0.123. The van der Waals surface area contributed by atoms with Gasteiger partial charge in [0, 0.05) is 29.5 Å². The zero-order chi connectivity index (χ0) is 21.8. The molecule has 4 rings (SSSR count). The lowest BCUT2D eigenvalue weighted by Gasteiger charge is -2.11. The summed E-state index contributed by atoms with van der Waals surface area (Å²) in [5, 5.41) is 4.26. The van der Waals surface area contributed by atoms with E-state index in [4.69, 9.17) is 11.5 Å². The Kier molecular flexibility index (Phi) is 6.25. The van der Waals surface area contributed by atoms with Crippen LogP contribution in [0, 0.1) is 11.8 Å². The van der Waals surface area contributed by atoms with Crippen molar-refractivity contribution >= 4 is 34.2 Å². The van der Waals surface area contributed by atoms with Crippen molar-refractivity contribution in [3.63, 3.8) is 0 Å². The molecule has 2 atom stereocenters. The van der Waals surface area contributed by atoms with Gasteiger partial charge in [0.25, 0.3) is 0 Å². The van der Waals surface area contributed by atoms with Crippen molar-refractivity contribution in [2.24, 2.45) is 17.6 Å². The maximum absolute atomic E-state index is 12.3. The summed E-state index contributed by atoms with van der Waals surface area (Å²) in [6, 6.07) is 5.61. The predicted molar refractivity (Wildman–Crippen MR) is 117 cm³/mol. The minimum absolute atomic E-state index is 0.251. The maximum Gasteiger partial charge on any atom is 0.229 e. The molecule has 0 aliphatic heterocycles. The second-order valence-electron chi connectivity index (χ2n) is 6.91. The molecule has 1 saturated carbocycles. The number of hydrogen-bond donors (Lipinski definition) is 3. The van der Waals surface area contributed by atoms with Crippen molar-refractivity contribution in [1.82, 2.24) is 15.0 Å². The molecule has 2 unspecified atom stereocenters. The van der Waals surface area contributed by atoms with E-state index in [1.807, 2.05) is 26.0 Å². The predicted octanol–water partition coefficient (Wildman–Crippen LogP) is 2.92. The fraction of sp³-hybridized carbons (Fsp3) is 0.318. The fourth-order valence-electron chi connectivity index (χ4n) is 3.36. The van der Waals surface area contributed by atoms with E-state index >= 15 is 0 Å². The summed E-state index contributed by atoms with van der Waals surface area (Å²) in [6.07, 6.45) is 6.43. The van der Waals surface area contributed by atoms with Crippen molar-refractivity contribution in [2.75, 3.05) is 11.1 Å². The first-order chi connectivity index (χ1) is 14.5. The van der Waals surface area contributed by atoms with Gasteiger partial charge >= 0.3 is 0 Å². The number of primary amides is 1. The fourth-order valence-corrected chi connectivity index (χ4v) is 3.36. The highest BCUT2D eigenvalue weighted by atomic mass is 16.2. The van der Waals surface area contributed by atoms with Crippen molar-refractivity contribution < 1.29 is 9.59 Å². The SMILES string of the molecule is CC.CCc1ccncc1-c1cc2cc(NC(=O)C3CC3C(N)=O)ncc2c(N)n1. The summed E-state index contributed by atoms with van der Waals surface area (Å²) >= 11 is 0. The van der Waals surface area contributed by atoms with Gasteiger partial charge in [-0.25, -0.2) is 9.97 Å². The molecule has 1 fully saturated rings. The van der Waals surface area contributed by atoms with E-state index in [9.17, 15) is 9.59 Å². The van der Waals surface area contributed by atoms with E-state index in [1.165, 1.54) is 0 Å². The smallest absolute Gasteiger partial charge is 0.229 e. The van der Waals surface area contributed by atoms with Crippen molar-refractivity contribution in [2.45, 2.75) is 33.6 Å². The number of hydrogen-bond acceptors (Lipinski definition) is 6. The van der Waals surface area contributed by atoms with Gasteiger partial charge in [0.05, 0.1) is 17.5 Å². The summed E-state index contributed by atoms with van der Waals surface area (Å²) < 4.78 is 0. The first kappa shape index (κ1) is 21.2. The van der Waals surface area contributed by atoms with E-state index in [-0.39, 0.29) is 17.7 Å². The van der Waals surface area contributed by atoms with E-state index in [0.29, 0.717) is 23.4 Å². The largest absolute Gasteiger partial charge is 0.383 e. The Morgan fingerprint density at radius 2 is 1.97 bits per heavy atom. The van der Waals surface area contributed by atoms with E-state index in [1.54, 1.807) is 24.7 Å². The minimum atomic E-state index is -0.446. The van der Waals surface area contributed by atoms with Crippen LogP contribution in [0.25, 0.3) is 22.0 Å². The Morgan fingerprint density at radius 1 is 1.20 bits per heavy atom. The number of carbonyl (C=O) groups is 2. The molecule has 0 radical (unpaired) electrons. The van der Waals surface area contributed by atoms with Crippen LogP contribution in [0.4, 0.5) is 11.6 Å². The molecular weight excluding hydrogens is 380 g/mol. The second-order valence-corrected chi connectivity index (χ2v) is 6.91. The van der Waals surface area contributed by atoms with Gasteiger partial charge in [0.1, 0.15) is 11.6 Å². The number of nitrogen functional groups attached to an aromatic ring is 1. The van der Waals surface area contributed by atoms with Crippen molar-refractivity contribution in [1.29, 1.82) is 0 Å². The highest BCUT2D eigenvalue weighted by molar-refractivity contribution is 6.01. The molecular formula is C22H26N6O2. The van der Waals surface area contributed by atoms with Crippen LogP contribution in [0.5, 0.6) is 0 Å². The number of rotatable bonds is 5. The molecule has 8 nitrogen and oxygen atoms in total. The van der Waals surface area contributed by atoms with Crippen LogP contribution < -0.4 is 16.8 Å². The first-order valence-electron chi connectivity index (χ1n) is 10.1. The minimum Gasteiger partial charge on any atom is -0.383 e. The number of aryl methyl sites for hydroxylation is 1. The number of nitrogens with two attached hydrogens (primary N) is 2. The van der Waals surface area contributed by atoms with Crippen LogP contribution in [0.3, 0.4) is 0 Å². The standard InChI is InChI=1S/C20H20N6O2.C2H6/c1-2-10-3-4-23-8-14(10)16-5-11-6-17(24-9-15(11)18(21)25-16)26-20(28)13-7-12(13)19(22)27;1-2/h3-6,8-9,12-13H,2,7H2,1H3,(H2,21,25)(H2,22,27)(H,24,26,28);1-2H3. The average molecular weight is 406 g/mol. The van der Waals surface area contributed by atoms with Crippen molar-refractivity contribution in [3.8, 4) is 11.3 Å². The topological polar surface area (TPSA) is 137 Å². The summed E-state index contributed by atoms with van der Waals surface area (Å²) in [5.74, 6) is -0.705. The van der Waals surface area contributed by atoms with Crippen LogP contribution >= 0.6 is 0 Å². The Labute approximate surface area is 175 Å². The normalized spacial score (nSPS) is 17.0. The zero-order valence-electron chi connectivity index (χ0n) is 17.3. The van der Waals surface area contributed by atoms with Gasteiger partial charge < -0.3 is 16.8 Å². The quantitative estimate of drug-likeness (QED) is 0.596. The van der Waals surface area contributed by atoms with Gasteiger partial charge in [-0.3, -0.25) is 14.6 Å². The van der Waals surface area contributed by atoms with Crippen LogP contribution in [0.15, 0.2) is 36.8 Å². The van der Waals surface area contributed by atoms with E-state index in [0.717, 1.165) is 28.6 Å². The lowest BCUT2D eigenvalue weighted by Crippen LogP contribution is -2.21. The number of amides is 2. The van der Waals surface area contributed by atoms with E-state index < -0.39 is 5.91 Å². The number of nitrogens with zero attached hydrogens (tertiary/aromatic N) is 3. The molecule has 5 N–H and O–H groups in total. The Bertz CT molecular complexity index is 1100. The molecule has 30 heavy (non-hydrogen) atoms. The number of fused-ring (bicyclic) bond motifs is 1. The molecule has 0 aromatic carbocycles. The van der Waals surface area contributed by atoms with Gasteiger partial charge in [-0.2, -0.15) is 0 Å². The van der Waals surface area contributed by atoms with Crippen LogP contribution in [-0.4, -0.2) is 26.8 Å². The summed E-state index contributed by atoms with van der Waals surface area (Å²) in [6.45, 7) is 6.07. The number of anilines is 2. The third-order valence-corrected chi connectivity index (χ3v) is 5.06. The third kappa shape index (κ3) is 4.22. The summed E-state index contributed by atoms with van der Waals surface area (Å²) in [5.41, 5.74) is 14.1. The first-order valence-corrected chi connectivity index (χ1v) is 10.1. The number of aromatic nitrogens is 3. The molecule has 0 saturated heterocycles. The molecule has 3 heterocycles. The average Bonchev–Trinajstić information content (AvgIpc) is 3.56. The third-order valence-electron chi connectivity index (χ3n) is 5.06. The number of pyridine rings is 3. The molecule has 156 valence electrons. The summed E-state index contributed by atoms with van der Waals surface area (Å²) in [4.78, 5) is 36.4. The molecule has 1 aliphatic rings. The molecule has 0 spiro atoms. The molecule has 2 amide bonds. The van der Waals surface area contributed by atoms with Crippen LogP contribution in [-0.2, 0) is 16.0 Å². The monoisotopic (exact) mass is 406 g/mol. The molecule has 8 heteroatoms. The highest BCUT2D eigenvalue weighted by Crippen LogP contribution is 2.39. The van der Waals surface area contributed by atoms with Gasteiger partial charge in [0.15, 0.2) is 0 Å². The van der Waals surface area contributed by atoms with Gasteiger partial charge in [-0.15, -0.1) is 0 Å². The van der Waals surface area contributed by atoms with Gasteiger partial charge in [-0.05, 0) is 42.0 Å². The Balaban J connectivity index is 0.00000124. The summed E-state index contributed by atoms with van der Waals surface area (Å²) in [7, 11) is 0. The Morgan fingerprint density at radius 3 is 2.63 bits per heavy atom. The van der Waals surface area contributed by atoms with E-state index in [2.05, 4.69) is 27.2 Å². The molecule has 1 aliphatic carbocycles. The molecule has 3 aromatic heterocycles. The second kappa shape index (κ2) is 8.86. The Hall–Kier alpha value is -3.55. The number of nitrogens with one attached hydrogen (secondary N) is 1. The molecule has 0 bridgehead atoms.